The number of amides is 1. The van der Waals surface area contributed by atoms with Crippen molar-refractivity contribution in [1.82, 2.24) is 14.9 Å². The fourth-order valence-corrected chi connectivity index (χ4v) is 3.66. The number of piperidine rings is 1. The Morgan fingerprint density at radius 1 is 1.14 bits per heavy atom. The molecule has 2 saturated heterocycles. The van der Waals surface area contributed by atoms with Gasteiger partial charge in [0.2, 0.25) is 5.95 Å². The molecular formula is C21H26N4O4. The first-order valence-electron chi connectivity index (χ1n) is 9.93. The van der Waals surface area contributed by atoms with Crippen LogP contribution in [-0.2, 0) is 15.9 Å². The summed E-state index contributed by atoms with van der Waals surface area (Å²) in [4.78, 5) is 23.1. The van der Waals surface area contributed by atoms with Crippen molar-refractivity contribution in [3.05, 3.63) is 47.8 Å². The molecule has 3 heterocycles. The molecule has 2 aliphatic rings. The summed E-state index contributed by atoms with van der Waals surface area (Å²) in [6, 6.07) is 7.96. The van der Waals surface area contributed by atoms with Crippen LogP contribution in [-0.4, -0.2) is 66.5 Å². The summed E-state index contributed by atoms with van der Waals surface area (Å²) < 4.78 is 16.6. The van der Waals surface area contributed by atoms with Gasteiger partial charge in [-0.3, -0.25) is 4.79 Å². The Bertz CT molecular complexity index is 810. The van der Waals surface area contributed by atoms with Gasteiger partial charge in [-0.2, -0.15) is 0 Å². The van der Waals surface area contributed by atoms with Gasteiger partial charge in [0.25, 0.3) is 5.91 Å². The van der Waals surface area contributed by atoms with Gasteiger partial charge in [0, 0.05) is 44.9 Å². The summed E-state index contributed by atoms with van der Waals surface area (Å²) in [5.74, 6) is 0.825. The number of nitrogens with zero attached hydrogens (tertiary/aromatic N) is 3. The van der Waals surface area contributed by atoms with E-state index >= 15 is 0 Å². The lowest BCUT2D eigenvalue weighted by Gasteiger charge is -2.37. The molecule has 2 aliphatic heterocycles. The molecule has 0 saturated carbocycles. The van der Waals surface area contributed by atoms with E-state index in [0.29, 0.717) is 57.2 Å². The number of aromatic nitrogens is 2. The monoisotopic (exact) mass is 398 g/mol. The lowest BCUT2D eigenvalue weighted by molar-refractivity contribution is -0.181. The van der Waals surface area contributed by atoms with Gasteiger partial charge in [0.1, 0.15) is 5.75 Å². The molecule has 4 rings (SSSR count). The van der Waals surface area contributed by atoms with Crippen molar-refractivity contribution in [2.45, 2.75) is 25.0 Å². The van der Waals surface area contributed by atoms with Crippen LogP contribution in [0, 0.1) is 0 Å². The number of carbonyl (C=O) groups is 1. The van der Waals surface area contributed by atoms with Crippen LogP contribution in [0.25, 0.3) is 0 Å². The van der Waals surface area contributed by atoms with Gasteiger partial charge in [-0.05, 0) is 24.1 Å². The van der Waals surface area contributed by atoms with Crippen molar-refractivity contribution in [2.75, 3.05) is 45.3 Å². The molecule has 0 unspecified atom stereocenters. The Labute approximate surface area is 170 Å². The number of likely N-dealkylation sites (tertiary alicyclic amines) is 1. The summed E-state index contributed by atoms with van der Waals surface area (Å²) in [5.41, 5.74) is 1.69. The second kappa shape index (κ2) is 8.75. The topological polar surface area (TPSA) is 85.8 Å². The molecule has 1 amide bonds. The van der Waals surface area contributed by atoms with Gasteiger partial charge in [-0.25, -0.2) is 9.97 Å². The molecule has 0 aliphatic carbocycles. The minimum atomic E-state index is -0.481. The Morgan fingerprint density at radius 2 is 1.79 bits per heavy atom. The van der Waals surface area contributed by atoms with E-state index < -0.39 is 5.79 Å². The van der Waals surface area contributed by atoms with E-state index in [0.717, 1.165) is 12.2 Å². The van der Waals surface area contributed by atoms with Crippen molar-refractivity contribution in [1.29, 1.82) is 0 Å². The summed E-state index contributed by atoms with van der Waals surface area (Å²) in [5, 5.41) is 3.19. The molecule has 0 atom stereocenters. The molecule has 29 heavy (non-hydrogen) atoms. The fraction of sp³-hybridized carbons (Fsp3) is 0.476. The third-order valence-electron chi connectivity index (χ3n) is 5.38. The molecule has 0 radical (unpaired) electrons. The lowest BCUT2D eigenvalue weighted by atomic mass is 10.0. The van der Waals surface area contributed by atoms with Gasteiger partial charge >= 0.3 is 0 Å². The average molecular weight is 398 g/mol. The largest absolute Gasteiger partial charge is 0.497 e. The molecule has 1 spiro atoms. The SMILES string of the molecule is COc1ccc(CCNc2ncc(C(=O)N3CCC4(CC3)OCCO4)cn2)cc1. The van der Waals surface area contributed by atoms with E-state index in [-0.39, 0.29) is 5.91 Å². The van der Waals surface area contributed by atoms with Crippen LogP contribution in [0.2, 0.25) is 0 Å². The minimum absolute atomic E-state index is 0.0531. The molecular weight excluding hydrogens is 372 g/mol. The smallest absolute Gasteiger partial charge is 0.256 e. The second-order valence-electron chi connectivity index (χ2n) is 7.22. The summed E-state index contributed by atoms with van der Waals surface area (Å²) in [6.45, 7) is 3.19. The Balaban J connectivity index is 1.25. The van der Waals surface area contributed by atoms with Crippen molar-refractivity contribution in [3.8, 4) is 5.75 Å². The highest BCUT2D eigenvalue weighted by atomic mass is 16.7. The van der Waals surface area contributed by atoms with E-state index in [9.17, 15) is 4.79 Å². The predicted octanol–water partition coefficient (Wildman–Crippen LogP) is 2.12. The first kappa shape index (κ1) is 19.6. The van der Waals surface area contributed by atoms with Crippen molar-refractivity contribution >= 4 is 11.9 Å². The number of hydrogen-bond donors (Lipinski definition) is 1. The third-order valence-corrected chi connectivity index (χ3v) is 5.38. The molecule has 0 bridgehead atoms. The molecule has 8 nitrogen and oxygen atoms in total. The highest BCUT2D eigenvalue weighted by Gasteiger charge is 2.40. The number of hydrogen-bond acceptors (Lipinski definition) is 7. The zero-order valence-electron chi connectivity index (χ0n) is 16.6. The van der Waals surface area contributed by atoms with Crippen LogP contribution in [0.15, 0.2) is 36.7 Å². The average Bonchev–Trinajstić information content (AvgIpc) is 3.23. The van der Waals surface area contributed by atoms with Crippen LogP contribution in [0.4, 0.5) is 5.95 Å². The first-order chi connectivity index (χ1) is 14.2. The van der Waals surface area contributed by atoms with E-state index in [1.165, 1.54) is 5.56 Å². The van der Waals surface area contributed by atoms with Gasteiger partial charge in [0.15, 0.2) is 5.79 Å². The normalized spacial score (nSPS) is 18.0. The number of carbonyl (C=O) groups excluding carboxylic acids is 1. The van der Waals surface area contributed by atoms with E-state index in [1.54, 1.807) is 19.5 Å². The van der Waals surface area contributed by atoms with Crippen LogP contribution < -0.4 is 10.1 Å². The number of benzene rings is 1. The Morgan fingerprint density at radius 3 is 2.41 bits per heavy atom. The van der Waals surface area contributed by atoms with Crippen LogP contribution in [0.3, 0.4) is 0 Å². The van der Waals surface area contributed by atoms with Crippen LogP contribution in [0.1, 0.15) is 28.8 Å². The highest BCUT2D eigenvalue weighted by Crippen LogP contribution is 2.31. The van der Waals surface area contributed by atoms with E-state index in [1.807, 2.05) is 29.2 Å². The molecule has 1 aromatic heterocycles. The summed E-state index contributed by atoms with van der Waals surface area (Å²) in [6.07, 6.45) is 5.40. The zero-order valence-corrected chi connectivity index (χ0v) is 16.6. The number of nitrogens with one attached hydrogen (secondary N) is 1. The van der Waals surface area contributed by atoms with Crippen molar-refractivity contribution in [2.24, 2.45) is 0 Å². The standard InChI is InChI=1S/C21H26N4O4/c1-27-18-4-2-16(3-5-18)6-9-22-20-23-14-17(15-24-20)19(26)25-10-7-21(8-11-25)28-12-13-29-21/h2-5,14-15H,6-13H2,1H3,(H,22,23,24). The molecule has 1 aromatic carbocycles. The summed E-state index contributed by atoms with van der Waals surface area (Å²) >= 11 is 0. The quantitative estimate of drug-likeness (QED) is 0.798. The number of methoxy groups -OCH3 is 1. The van der Waals surface area contributed by atoms with Crippen molar-refractivity contribution < 1.29 is 19.0 Å². The maximum Gasteiger partial charge on any atom is 0.256 e. The summed E-state index contributed by atoms with van der Waals surface area (Å²) in [7, 11) is 1.66. The molecule has 2 aromatic rings. The Kier molecular flexibility index (Phi) is 5.92. The maximum absolute atomic E-state index is 12.7. The Hall–Kier alpha value is -2.71. The molecule has 154 valence electrons. The number of rotatable bonds is 6. The lowest BCUT2D eigenvalue weighted by Crippen LogP contribution is -2.47. The van der Waals surface area contributed by atoms with E-state index in [2.05, 4.69) is 15.3 Å². The number of anilines is 1. The van der Waals surface area contributed by atoms with Crippen LogP contribution in [0.5, 0.6) is 5.75 Å². The van der Waals surface area contributed by atoms with Gasteiger partial charge in [0.05, 0.1) is 25.9 Å². The van der Waals surface area contributed by atoms with Crippen LogP contribution >= 0.6 is 0 Å². The highest BCUT2D eigenvalue weighted by molar-refractivity contribution is 5.93. The molecule has 8 heteroatoms. The molecule has 2 fully saturated rings. The van der Waals surface area contributed by atoms with Gasteiger partial charge < -0.3 is 24.4 Å². The predicted molar refractivity (Wildman–Crippen MR) is 107 cm³/mol. The van der Waals surface area contributed by atoms with E-state index in [4.69, 9.17) is 14.2 Å². The fourth-order valence-electron chi connectivity index (χ4n) is 3.66. The van der Waals surface area contributed by atoms with Gasteiger partial charge in [-0.15, -0.1) is 0 Å². The maximum atomic E-state index is 12.7. The minimum Gasteiger partial charge on any atom is -0.497 e. The molecule has 1 N–H and O–H groups in total. The van der Waals surface area contributed by atoms with Crippen molar-refractivity contribution in [3.63, 3.8) is 0 Å². The number of ether oxygens (including phenoxy) is 3. The first-order valence-corrected chi connectivity index (χ1v) is 9.93. The zero-order chi connectivity index (χ0) is 20.1. The van der Waals surface area contributed by atoms with Gasteiger partial charge in [-0.1, -0.05) is 12.1 Å². The third kappa shape index (κ3) is 4.65. The second-order valence-corrected chi connectivity index (χ2v) is 7.22.